The van der Waals surface area contributed by atoms with Gasteiger partial charge >= 0.3 is 11.9 Å². The Hall–Kier alpha value is -3.23. The summed E-state index contributed by atoms with van der Waals surface area (Å²) in [6.45, 7) is 4.45. The van der Waals surface area contributed by atoms with Gasteiger partial charge in [-0.05, 0) is 51.4 Å². The van der Waals surface area contributed by atoms with Gasteiger partial charge in [0.25, 0.3) is 0 Å². The lowest BCUT2D eigenvalue weighted by Gasteiger charge is -2.34. The van der Waals surface area contributed by atoms with E-state index in [2.05, 4.69) is 74.6 Å². The minimum absolute atomic E-state index is 0.00838. The molecule has 0 N–H and O–H groups in total. The molecule has 0 aromatic rings. The molecule has 0 spiro atoms. The van der Waals surface area contributed by atoms with E-state index in [4.69, 9.17) is 14.2 Å². The van der Waals surface area contributed by atoms with Crippen LogP contribution in [0.1, 0.15) is 155 Å². The molecule has 2 unspecified atom stereocenters. The van der Waals surface area contributed by atoms with Gasteiger partial charge in [0.2, 0.25) is 0 Å². The minimum atomic E-state index is -1.14. The molecule has 0 aromatic carbocycles. The number of likely N-dealkylation sites (N-methyl/N-ethyl adjacent to an activating group) is 1. The van der Waals surface area contributed by atoms with Crippen molar-refractivity contribution in [2.45, 2.75) is 167 Å². The second-order valence-corrected chi connectivity index (χ2v) is 15.2. The highest BCUT2D eigenvalue weighted by Crippen LogP contribution is 2.13. The molecule has 0 amide bonds. The van der Waals surface area contributed by atoms with Gasteiger partial charge in [0.05, 0.1) is 40.3 Å². The van der Waals surface area contributed by atoms with Gasteiger partial charge in [-0.25, -0.2) is 0 Å². The van der Waals surface area contributed by atoms with Gasteiger partial charge in [-0.15, -0.1) is 0 Å². The zero-order valence-corrected chi connectivity index (χ0v) is 35.6. The molecule has 8 heteroatoms. The van der Waals surface area contributed by atoms with Crippen LogP contribution in [0.5, 0.6) is 0 Å². The Labute approximate surface area is 336 Å². The van der Waals surface area contributed by atoms with E-state index in [0.717, 1.165) is 57.8 Å². The Morgan fingerprint density at radius 3 is 1.47 bits per heavy atom. The number of rotatable bonds is 37. The monoisotopic (exact) mass is 770 g/mol. The molecule has 0 aliphatic carbocycles. The zero-order valence-electron chi connectivity index (χ0n) is 35.6. The third kappa shape index (κ3) is 36.2. The Balaban J connectivity index is 4.50. The molecule has 0 aromatic heterocycles. The second-order valence-electron chi connectivity index (χ2n) is 15.2. The summed E-state index contributed by atoms with van der Waals surface area (Å²) in [5.41, 5.74) is 0. The van der Waals surface area contributed by atoms with Gasteiger partial charge in [-0.3, -0.25) is 9.59 Å². The third-order valence-electron chi connectivity index (χ3n) is 9.12. The highest BCUT2D eigenvalue weighted by molar-refractivity contribution is 5.70. The summed E-state index contributed by atoms with van der Waals surface area (Å²) in [6, 6.07) is -0.740. The Morgan fingerprint density at radius 1 is 0.564 bits per heavy atom. The van der Waals surface area contributed by atoms with Crippen LogP contribution in [0.4, 0.5) is 0 Å². The molecule has 0 heterocycles. The van der Waals surface area contributed by atoms with Crippen LogP contribution in [0.25, 0.3) is 0 Å². The van der Waals surface area contributed by atoms with Gasteiger partial charge in [0.15, 0.2) is 6.10 Å². The Bertz CT molecular complexity index is 1130. The van der Waals surface area contributed by atoms with Crippen LogP contribution in [0.2, 0.25) is 0 Å². The van der Waals surface area contributed by atoms with Crippen molar-refractivity contribution in [1.29, 1.82) is 0 Å². The number of quaternary nitrogens is 1. The number of unbranched alkanes of at least 4 members (excludes halogenated alkanes) is 11. The fourth-order valence-electron chi connectivity index (χ4n) is 5.80. The van der Waals surface area contributed by atoms with E-state index in [1.165, 1.54) is 57.8 Å². The lowest BCUT2D eigenvalue weighted by Crippen LogP contribution is -2.55. The third-order valence-corrected chi connectivity index (χ3v) is 9.12. The summed E-state index contributed by atoms with van der Waals surface area (Å²) in [4.78, 5) is 36.8. The maximum absolute atomic E-state index is 12.7. The molecule has 314 valence electrons. The largest absolute Gasteiger partial charge is 0.544 e. The first kappa shape index (κ1) is 51.8. The fraction of sp³-hybridized carbons (Fsp3) is 0.681. The smallest absolute Gasteiger partial charge is 0.306 e. The van der Waals surface area contributed by atoms with Crippen molar-refractivity contribution >= 4 is 17.9 Å². The summed E-state index contributed by atoms with van der Waals surface area (Å²) in [6.07, 6.45) is 46.5. The first-order chi connectivity index (χ1) is 26.6. The highest BCUT2D eigenvalue weighted by atomic mass is 16.6. The zero-order chi connectivity index (χ0) is 40.7. The van der Waals surface area contributed by atoms with Crippen LogP contribution >= 0.6 is 0 Å². The molecule has 0 radical (unpaired) electrons. The summed E-state index contributed by atoms with van der Waals surface area (Å²) >= 11 is 0. The first-order valence-corrected chi connectivity index (χ1v) is 21.5. The highest BCUT2D eigenvalue weighted by Gasteiger charge is 2.25. The molecule has 0 saturated heterocycles. The van der Waals surface area contributed by atoms with Crippen LogP contribution in [0.3, 0.4) is 0 Å². The number of carboxylic acid groups (broad SMARTS) is 1. The minimum Gasteiger partial charge on any atom is -0.544 e. The van der Waals surface area contributed by atoms with Crippen LogP contribution in [-0.2, 0) is 28.6 Å². The number of allylic oxidation sites excluding steroid dienone is 12. The lowest BCUT2D eigenvalue weighted by atomic mass is 10.0. The number of hydrogen-bond donors (Lipinski definition) is 0. The molecule has 0 rings (SSSR count). The van der Waals surface area contributed by atoms with Gasteiger partial charge < -0.3 is 28.6 Å². The average molecular weight is 770 g/mol. The second kappa shape index (κ2) is 37.7. The number of carbonyl (C=O) groups is 3. The normalized spacial score (nSPS) is 13.7. The van der Waals surface area contributed by atoms with Crippen molar-refractivity contribution in [2.75, 3.05) is 41.0 Å². The van der Waals surface area contributed by atoms with E-state index in [9.17, 15) is 19.5 Å². The number of ether oxygens (including phenoxy) is 3. The lowest BCUT2D eigenvalue weighted by molar-refractivity contribution is -0.889. The van der Waals surface area contributed by atoms with Crippen LogP contribution in [-0.4, -0.2) is 75.5 Å². The van der Waals surface area contributed by atoms with Crippen LogP contribution in [0.15, 0.2) is 72.9 Å². The SMILES string of the molecule is CC/C=C/C/C=C/C/C=C/C/C=C/C/C=C/C/C=C/CCC(=O)OC(COCCC(C(=O)[O-])[N+](C)(C)C)COC(=O)CCCCCCCCCCCCCC. The van der Waals surface area contributed by atoms with E-state index in [0.29, 0.717) is 12.8 Å². The number of aliphatic carboxylic acids is 1. The predicted octanol–water partition coefficient (Wildman–Crippen LogP) is 10.2. The summed E-state index contributed by atoms with van der Waals surface area (Å²) in [5, 5.41) is 11.6. The van der Waals surface area contributed by atoms with E-state index in [1.807, 2.05) is 12.2 Å². The molecule has 0 aliphatic rings. The van der Waals surface area contributed by atoms with Crippen LogP contribution in [0, 0.1) is 0 Å². The number of carbonyl (C=O) groups excluding carboxylic acids is 3. The number of hydrogen-bond acceptors (Lipinski definition) is 7. The van der Waals surface area contributed by atoms with Crippen molar-refractivity contribution < 1.29 is 38.2 Å². The number of carboxylic acids is 1. The molecule has 0 fully saturated rings. The topological polar surface area (TPSA) is 102 Å². The fourth-order valence-corrected chi connectivity index (χ4v) is 5.80. The first-order valence-electron chi connectivity index (χ1n) is 21.5. The van der Waals surface area contributed by atoms with Crippen molar-refractivity contribution in [3.63, 3.8) is 0 Å². The quantitative estimate of drug-likeness (QED) is 0.0268. The molecular formula is C47H79NO7. The van der Waals surface area contributed by atoms with Crippen LogP contribution < -0.4 is 5.11 Å². The van der Waals surface area contributed by atoms with Crippen molar-refractivity contribution in [3.05, 3.63) is 72.9 Å². The van der Waals surface area contributed by atoms with Crippen molar-refractivity contribution in [2.24, 2.45) is 0 Å². The van der Waals surface area contributed by atoms with E-state index >= 15 is 0 Å². The maximum Gasteiger partial charge on any atom is 0.306 e. The average Bonchev–Trinajstić information content (AvgIpc) is 3.14. The standard InChI is InChI=1S/C47H79NO7/c1-6-8-10-12-14-16-18-20-21-22-23-24-25-26-28-30-32-34-36-38-46(50)55-43(41-53-40-39-44(47(51)52)48(3,4)5)42-54-45(49)37-35-33-31-29-27-19-17-15-13-11-9-7-2/h8,10,14,16,20-21,23-24,26,28,32,34,43-44H,6-7,9,11-13,15,17-19,22,25,27,29-31,33,35-42H2,1-5H3/b10-8+,16-14+,21-20+,24-23+,28-26+,34-32+. The molecule has 2 atom stereocenters. The molecule has 8 nitrogen and oxygen atoms in total. The summed E-state index contributed by atoms with van der Waals surface area (Å²) in [7, 11) is 5.37. The number of esters is 2. The van der Waals surface area contributed by atoms with Crippen molar-refractivity contribution in [1.82, 2.24) is 0 Å². The molecule has 55 heavy (non-hydrogen) atoms. The molecule has 0 saturated carbocycles. The molecular weight excluding hydrogens is 691 g/mol. The molecule has 0 aliphatic heterocycles. The van der Waals surface area contributed by atoms with Gasteiger partial charge in [0.1, 0.15) is 12.6 Å². The molecule has 0 bridgehead atoms. The Morgan fingerprint density at radius 2 is 1.02 bits per heavy atom. The van der Waals surface area contributed by atoms with Gasteiger partial charge in [-0.1, -0.05) is 157 Å². The maximum atomic E-state index is 12.7. The summed E-state index contributed by atoms with van der Waals surface area (Å²) in [5.74, 6) is -1.85. The summed E-state index contributed by atoms with van der Waals surface area (Å²) < 4.78 is 17.0. The van der Waals surface area contributed by atoms with Gasteiger partial charge in [-0.2, -0.15) is 0 Å². The Kier molecular flexibility index (Phi) is 35.5. The van der Waals surface area contributed by atoms with E-state index in [1.54, 1.807) is 21.1 Å². The predicted molar refractivity (Wildman–Crippen MR) is 226 cm³/mol. The van der Waals surface area contributed by atoms with E-state index in [-0.39, 0.29) is 43.1 Å². The van der Waals surface area contributed by atoms with Crippen molar-refractivity contribution in [3.8, 4) is 0 Å². The number of nitrogens with zero attached hydrogens (tertiary/aromatic N) is 1. The van der Waals surface area contributed by atoms with Gasteiger partial charge in [0, 0.05) is 19.3 Å². The van der Waals surface area contributed by atoms with E-state index < -0.39 is 24.1 Å².